The smallest absolute Gasteiger partial charge is 0.265 e. The maximum Gasteiger partial charge on any atom is 0.265 e. The van der Waals surface area contributed by atoms with Crippen molar-refractivity contribution < 1.29 is 14.3 Å². The molecule has 2 amide bonds. The molecule has 158 valence electrons. The molecular formula is C23H21ClN4O3. The molecule has 0 bridgehead atoms. The summed E-state index contributed by atoms with van der Waals surface area (Å²) in [5.74, 6) is 0.00466. The van der Waals surface area contributed by atoms with Crippen LogP contribution in [0.25, 0.3) is 6.08 Å². The molecule has 1 atom stereocenters. The van der Waals surface area contributed by atoms with E-state index in [1.165, 1.54) is 6.08 Å². The molecule has 4 rings (SSSR count). The molecule has 31 heavy (non-hydrogen) atoms. The van der Waals surface area contributed by atoms with E-state index in [-0.39, 0.29) is 11.8 Å². The third-order valence-electron chi connectivity index (χ3n) is 4.86. The van der Waals surface area contributed by atoms with Gasteiger partial charge in [0, 0.05) is 17.3 Å². The van der Waals surface area contributed by atoms with Crippen LogP contribution in [-0.2, 0) is 16.1 Å². The molecule has 3 aromatic rings. The molecule has 0 fully saturated rings. The molecule has 0 aliphatic carbocycles. The Labute approximate surface area is 184 Å². The molecule has 0 saturated carbocycles. The van der Waals surface area contributed by atoms with Gasteiger partial charge in [-0.05, 0) is 43.7 Å². The molecule has 2 heterocycles. The highest BCUT2D eigenvalue weighted by atomic mass is 35.5. The van der Waals surface area contributed by atoms with Crippen LogP contribution in [0.4, 0.5) is 11.4 Å². The van der Waals surface area contributed by atoms with E-state index in [1.807, 2.05) is 37.3 Å². The van der Waals surface area contributed by atoms with Gasteiger partial charge >= 0.3 is 0 Å². The first kappa shape index (κ1) is 20.7. The first-order valence-corrected chi connectivity index (χ1v) is 10.2. The van der Waals surface area contributed by atoms with Gasteiger partial charge in [0.25, 0.3) is 5.91 Å². The van der Waals surface area contributed by atoms with Crippen LogP contribution in [0.1, 0.15) is 23.7 Å². The highest BCUT2D eigenvalue weighted by Gasteiger charge is 2.23. The molecule has 1 aromatic heterocycles. The van der Waals surface area contributed by atoms with Crippen LogP contribution in [0.2, 0.25) is 5.15 Å². The molecule has 2 N–H and O–H groups in total. The summed E-state index contributed by atoms with van der Waals surface area (Å²) in [5, 5.41) is 10.5. The Morgan fingerprint density at radius 2 is 2.06 bits per heavy atom. The first-order valence-electron chi connectivity index (χ1n) is 9.78. The second kappa shape index (κ2) is 8.65. The SMILES string of the molecule is Cc1nn(Cc2ccccc2)c(Cl)c1/C=C/C(=O)Nc1ccc2c(c1)NC(=O)C(C)O2. The van der Waals surface area contributed by atoms with E-state index in [9.17, 15) is 9.59 Å². The first-order chi connectivity index (χ1) is 14.9. The monoisotopic (exact) mass is 436 g/mol. The van der Waals surface area contributed by atoms with Gasteiger partial charge in [0.1, 0.15) is 10.9 Å². The number of aryl methyl sites for hydroxylation is 1. The van der Waals surface area contributed by atoms with Crippen molar-refractivity contribution in [1.82, 2.24) is 9.78 Å². The number of fused-ring (bicyclic) bond motifs is 1. The number of anilines is 2. The minimum absolute atomic E-state index is 0.228. The van der Waals surface area contributed by atoms with Gasteiger partial charge in [0.05, 0.1) is 17.9 Å². The summed E-state index contributed by atoms with van der Waals surface area (Å²) in [6.45, 7) is 4.06. The number of nitrogens with zero attached hydrogens (tertiary/aromatic N) is 2. The van der Waals surface area contributed by atoms with Gasteiger partial charge in [0.2, 0.25) is 5.91 Å². The fraction of sp³-hybridized carbons (Fsp3) is 0.174. The number of amides is 2. The summed E-state index contributed by atoms with van der Waals surface area (Å²) < 4.78 is 7.22. The number of halogens is 1. The number of carbonyl (C=O) groups excluding carboxylic acids is 2. The van der Waals surface area contributed by atoms with Crippen LogP contribution in [-0.4, -0.2) is 27.7 Å². The lowest BCUT2D eigenvalue weighted by atomic mass is 10.2. The predicted octanol–water partition coefficient (Wildman–Crippen LogP) is 4.26. The normalized spacial score (nSPS) is 15.3. The fourth-order valence-electron chi connectivity index (χ4n) is 3.25. The molecule has 8 heteroatoms. The third kappa shape index (κ3) is 4.62. The minimum Gasteiger partial charge on any atom is -0.479 e. The van der Waals surface area contributed by atoms with Gasteiger partial charge in [-0.1, -0.05) is 41.9 Å². The molecule has 1 unspecified atom stereocenters. The van der Waals surface area contributed by atoms with Crippen LogP contribution >= 0.6 is 11.6 Å². The summed E-state index contributed by atoms with van der Waals surface area (Å²) in [4.78, 5) is 24.2. The van der Waals surface area contributed by atoms with E-state index in [1.54, 1.807) is 35.9 Å². The van der Waals surface area contributed by atoms with Crippen molar-refractivity contribution >= 4 is 40.9 Å². The van der Waals surface area contributed by atoms with Gasteiger partial charge in [0.15, 0.2) is 6.10 Å². The largest absolute Gasteiger partial charge is 0.479 e. The van der Waals surface area contributed by atoms with Crippen LogP contribution in [0.5, 0.6) is 5.75 Å². The number of carbonyl (C=O) groups is 2. The van der Waals surface area contributed by atoms with Crippen molar-refractivity contribution in [3.63, 3.8) is 0 Å². The number of nitrogens with one attached hydrogen (secondary N) is 2. The van der Waals surface area contributed by atoms with Crippen LogP contribution in [0.3, 0.4) is 0 Å². The van der Waals surface area contributed by atoms with Crippen molar-refractivity contribution in [2.24, 2.45) is 0 Å². The molecule has 2 aromatic carbocycles. The zero-order valence-corrected chi connectivity index (χ0v) is 17.8. The number of aromatic nitrogens is 2. The lowest BCUT2D eigenvalue weighted by Crippen LogP contribution is -2.34. The second-order valence-corrected chi connectivity index (χ2v) is 7.57. The number of rotatable bonds is 5. The quantitative estimate of drug-likeness (QED) is 0.585. The summed E-state index contributed by atoms with van der Waals surface area (Å²) in [5.41, 5.74) is 3.55. The zero-order chi connectivity index (χ0) is 22.0. The van der Waals surface area contributed by atoms with E-state index < -0.39 is 6.10 Å². The maximum absolute atomic E-state index is 12.4. The second-order valence-electron chi connectivity index (χ2n) is 7.22. The van der Waals surface area contributed by atoms with E-state index in [0.717, 1.165) is 11.3 Å². The number of ether oxygens (including phenoxy) is 1. The number of hydrogen-bond donors (Lipinski definition) is 2. The molecule has 0 saturated heterocycles. The van der Waals surface area contributed by atoms with Gasteiger partial charge in [-0.15, -0.1) is 0 Å². The van der Waals surface area contributed by atoms with E-state index in [2.05, 4.69) is 15.7 Å². The number of benzene rings is 2. The minimum atomic E-state index is -0.549. The van der Waals surface area contributed by atoms with Gasteiger partial charge in [-0.3, -0.25) is 9.59 Å². The Kier molecular flexibility index (Phi) is 5.77. The van der Waals surface area contributed by atoms with Crippen molar-refractivity contribution in [3.05, 3.63) is 76.6 Å². The average molecular weight is 437 g/mol. The Bertz CT molecular complexity index is 1170. The molecular weight excluding hydrogens is 416 g/mol. The molecule has 1 aliphatic rings. The van der Waals surface area contributed by atoms with Crippen molar-refractivity contribution in [2.45, 2.75) is 26.5 Å². The third-order valence-corrected chi connectivity index (χ3v) is 5.26. The van der Waals surface area contributed by atoms with Crippen LogP contribution in [0.15, 0.2) is 54.6 Å². The highest BCUT2D eigenvalue weighted by Crippen LogP contribution is 2.32. The molecule has 7 nitrogen and oxygen atoms in total. The van der Waals surface area contributed by atoms with Gasteiger partial charge in [-0.2, -0.15) is 5.10 Å². The summed E-state index contributed by atoms with van der Waals surface area (Å²) in [6, 6.07) is 15.0. The van der Waals surface area contributed by atoms with Crippen molar-refractivity contribution in [1.29, 1.82) is 0 Å². The summed E-state index contributed by atoms with van der Waals surface area (Å²) >= 11 is 6.49. The van der Waals surface area contributed by atoms with Gasteiger partial charge in [-0.25, -0.2) is 4.68 Å². The molecule has 1 aliphatic heterocycles. The highest BCUT2D eigenvalue weighted by molar-refractivity contribution is 6.31. The Morgan fingerprint density at radius 1 is 1.29 bits per heavy atom. The van der Waals surface area contributed by atoms with Crippen molar-refractivity contribution in [3.8, 4) is 5.75 Å². The predicted molar refractivity (Wildman–Crippen MR) is 120 cm³/mol. The summed E-state index contributed by atoms with van der Waals surface area (Å²) in [7, 11) is 0. The summed E-state index contributed by atoms with van der Waals surface area (Å²) in [6.07, 6.45) is 2.50. The zero-order valence-electron chi connectivity index (χ0n) is 17.1. The van der Waals surface area contributed by atoms with E-state index in [0.29, 0.717) is 34.4 Å². The molecule has 0 radical (unpaired) electrons. The average Bonchev–Trinajstić information content (AvgIpc) is 3.01. The Balaban J connectivity index is 1.45. The molecule has 0 spiro atoms. The topological polar surface area (TPSA) is 85.3 Å². The lowest BCUT2D eigenvalue weighted by molar-refractivity contribution is -0.122. The Hall–Kier alpha value is -3.58. The maximum atomic E-state index is 12.4. The van der Waals surface area contributed by atoms with E-state index >= 15 is 0 Å². The fourth-order valence-corrected chi connectivity index (χ4v) is 3.54. The van der Waals surface area contributed by atoms with Crippen LogP contribution in [0, 0.1) is 6.92 Å². The van der Waals surface area contributed by atoms with Crippen LogP contribution < -0.4 is 15.4 Å². The van der Waals surface area contributed by atoms with Gasteiger partial charge < -0.3 is 15.4 Å². The number of hydrogen-bond acceptors (Lipinski definition) is 4. The van der Waals surface area contributed by atoms with Crippen molar-refractivity contribution in [2.75, 3.05) is 10.6 Å². The lowest BCUT2D eigenvalue weighted by Gasteiger charge is -2.23. The standard InChI is InChI=1S/C23H21ClN4O3/c1-14-18(22(24)28(27-14)13-16-6-4-3-5-7-16)9-11-21(29)25-17-8-10-20-19(12-17)26-23(30)15(2)31-20/h3-12,15H,13H2,1-2H3,(H,25,29)(H,26,30)/b11-9+. The Morgan fingerprint density at radius 3 is 2.84 bits per heavy atom. The van der Waals surface area contributed by atoms with E-state index in [4.69, 9.17) is 16.3 Å².